The average molecular weight is 384 g/mol. The number of carbonyl (C=O) groups is 1. The quantitative estimate of drug-likeness (QED) is 0.445. The number of hydrogen-bond acceptors (Lipinski definition) is 3. The van der Waals surface area contributed by atoms with Crippen molar-refractivity contribution in [2.45, 2.75) is 11.8 Å². The van der Waals surface area contributed by atoms with E-state index in [9.17, 15) is 9.90 Å². The molecule has 0 bridgehead atoms. The van der Waals surface area contributed by atoms with Crippen molar-refractivity contribution in [1.29, 1.82) is 0 Å². The predicted molar refractivity (Wildman–Crippen MR) is 113 cm³/mol. The van der Waals surface area contributed by atoms with Crippen LogP contribution in [0.1, 0.15) is 28.5 Å². The summed E-state index contributed by atoms with van der Waals surface area (Å²) in [6.45, 7) is 0.511. The topological polar surface area (TPSA) is 74.3 Å². The molecular formula is C24H20N2O3. The molecule has 2 heterocycles. The Morgan fingerprint density at radius 2 is 1.86 bits per heavy atom. The second kappa shape index (κ2) is 7.02. The molecule has 1 amide bonds. The van der Waals surface area contributed by atoms with Crippen molar-refractivity contribution < 1.29 is 14.6 Å². The number of nitrogens with one attached hydrogen (secondary N) is 2. The lowest BCUT2D eigenvalue weighted by atomic mass is 9.76. The maximum atomic E-state index is 10.7. The Hall–Kier alpha value is -3.73. The van der Waals surface area contributed by atoms with E-state index in [1.165, 1.54) is 10.9 Å². The van der Waals surface area contributed by atoms with Gasteiger partial charge >= 0.3 is 0 Å². The van der Waals surface area contributed by atoms with E-state index >= 15 is 0 Å². The lowest BCUT2D eigenvalue weighted by Gasteiger charge is -2.34. The molecule has 4 aromatic rings. The van der Waals surface area contributed by atoms with Crippen LogP contribution in [-0.4, -0.2) is 23.1 Å². The van der Waals surface area contributed by atoms with Gasteiger partial charge in [0.2, 0.25) is 6.41 Å². The number of H-pyrrole nitrogens is 1. The number of amides is 1. The molecule has 144 valence electrons. The summed E-state index contributed by atoms with van der Waals surface area (Å²) in [7, 11) is 0. The van der Waals surface area contributed by atoms with Gasteiger partial charge in [0.1, 0.15) is 11.5 Å². The zero-order valence-electron chi connectivity index (χ0n) is 15.6. The van der Waals surface area contributed by atoms with E-state index in [1.807, 2.05) is 42.5 Å². The first-order chi connectivity index (χ1) is 14.2. The van der Waals surface area contributed by atoms with Crippen molar-refractivity contribution in [2.24, 2.45) is 0 Å². The van der Waals surface area contributed by atoms with Crippen LogP contribution in [0.4, 0.5) is 5.69 Å². The van der Waals surface area contributed by atoms with Crippen LogP contribution in [-0.2, 0) is 4.79 Å². The molecule has 0 fully saturated rings. The fourth-order valence-electron chi connectivity index (χ4n) is 4.33. The van der Waals surface area contributed by atoms with E-state index in [4.69, 9.17) is 4.74 Å². The number of aromatic amines is 1. The molecule has 0 spiro atoms. The van der Waals surface area contributed by atoms with Crippen LogP contribution in [0.3, 0.4) is 0 Å². The molecule has 1 aliphatic heterocycles. The molecule has 1 aromatic heterocycles. The second-order valence-electron chi connectivity index (χ2n) is 7.29. The Morgan fingerprint density at radius 3 is 2.69 bits per heavy atom. The largest absolute Gasteiger partial charge is 0.508 e. The maximum absolute atomic E-state index is 10.7. The minimum absolute atomic E-state index is 0.0591. The number of anilines is 1. The lowest BCUT2D eigenvalue weighted by Crippen LogP contribution is -2.25. The summed E-state index contributed by atoms with van der Waals surface area (Å²) >= 11 is 0. The number of carbonyl (C=O) groups excluding carboxylic acids is 1. The molecule has 0 aliphatic carbocycles. The Morgan fingerprint density at radius 1 is 1.03 bits per heavy atom. The van der Waals surface area contributed by atoms with Crippen LogP contribution in [0.2, 0.25) is 0 Å². The Balaban J connectivity index is 1.65. The summed E-state index contributed by atoms with van der Waals surface area (Å²) in [5.41, 5.74) is 5.24. The van der Waals surface area contributed by atoms with E-state index in [1.54, 1.807) is 12.1 Å². The van der Waals surface area contributed by atoms with Gasteiger partial charge in [0.15, 0.2) is 0 Å². The molecule has 29 heavy (non-hydrogen) atoms. The molecule has 2 atom stereocenters. The summed E-state index contributed by atoms with van der Waals surface area (Å²) in [4.78, 5) is 14.1. The van der Waals surface area contributed by atoms with Crippen LogP contribution in [0.15, 0.2) is 72.9 Å². The van der Waals surface area contributed by atoms with Crippen molar-refractivity contribution in [3.8, 4) is 11.5 Å². The highest BCUT2D eigenvalue weighted by Crippen LogP contribution is 2.48. The van der Waals surface area contributed by atoms with Crippen molar-refractivity contribution in [2.75, 3.05) is 11.9 Å². The number of phenols is 1. The van der Waals surface area contributed by atoms with Crippen molar-refractivity contribution in [3.63, 3.8) is 0 Å². The molecule has 0 saturated heterocycles. The predicted octanol–water partition coefficient (Wildman–Crippen LogP) is 4.75. The van der Waals surface area contributed by atoms with Crippen molar-refractivity contribution in [3.05, 3.63) is 89.6 Å². The summed E-state index contributed by atoms with van der Waals surface area (Å²) in [6.07, 6.45) is 2.75. The van der Waals surface area contributed by atoms with Gasteiger partial charge in [-0.1, -0.05) is 36.4 Å². The summed E-state index contributed by atoms with van der Waals surface area (Å²) < 4.78 is 6.07. The van der Waals surface area contributed by atoms with Gasteiger partial charge in [-0.2, -0.15) is 0 Å². The highest BCUT2D eigenvalue weighted by atomic mass is 16.5. The monoisotopic (exact) mass is 384 g/mol. The number of fused-ring (bicyclic) bond motifs is 2. The third-order valence-corrected chi connectivity index (χ3v) is 5.67. The molecule has 2 unspecified atom stereocenters. The zero-order chi connectivity index (χ0) is 19.8. The van der Waals surface area contributed by atoms with E-state index in [-0.39, 0.29) is 17.6 Å². The van der Waals surface area contributed by atoms with Crippen molar-refractivity contribution >= 4 is 23.0 Å². The molecule has 5 heteroatoms. The Bertz CT molecular complexity index is 1180. The fraction of sp³-hybridized carbons (Fsp3) is 0.125. The van der Waals surface area contributed by atoms with E-state index in [0.717, 1.165) is 22.3 Å². The van der Waals surface area contributed by atoms with E-state index in [2.05, 4.69) is 28.6 Å². The maximum Gasteiger partial charge on any atom is 0.211 e. The third kappa shape index (κ3) is 3.01. The van der Waals surface area contributed by atoms with Crippen LogP contribution in [0.5, 0.6) is 11.5 Å². The standard InChI is InChI=1S/C24H20N2O3/c27-14-26-16-7-5-15(6-8-16)24-19-10-9-17(28)11-23(19)29-13-21(24)20-12-25-22-4-2-1-3-18(20)22/h1-12,14,21,24-25,28H,13H2,(H,26,27). The number of para-hydroxylation sites is 1. The molecule has 3 N–H and O–H groups in total. The smallest absolute Gasteiger partial charge is 0.211 e. The van der Waals surface area contributed by atoms with Gasteiger partial charge in [-0.05, 0) is 35.4 Å². The van der Waals surface area contributed by atoms with Gasteiger partial charge in [0.05, 0.1) is 6.61 Å². The number of phenolic OH excluding ortho intramolecular Hbond substituents is 1. The number of aromatic nitrogens is 1. The molecule has 1 aliphatic rings. The SMILES string of the molecule is O=CNc1ccc(C2c3ccc(O)cc3OCC2c2c[nH]c3ccccc23)cc1. The van der Waals surface area contributed by atoms with Gasteiger partial charge < -0.3 is 20.1 Å². The highest BCUT2D eigenvalue weighted by molar-refractivity contribution is 5.84. The minimum atomic E-state index is 0.0591. The average Bonchev–Trinajstić information content (AvgIpc) is 3.18. The summed E-state index contributed by atoms with van der Waals surface area (Å²) in [5, 5.41) is 13.8. The molecular weight excluding hydrogens is 364 g/mol. The molecule has 3 aromatic carbocycles. The van der Waals surface area contributed by atoms with Crippen LogP contribution < -0.4 is 10.1 Å². The molecule has 0 saturated carbocycles. The Kier molecular flexibility index (Phi) is 4.21. The van der Waals surface area contributed by atoms with Crippen molar-refractivity contribution in [1.82, 2.24) is 4.98 Å². The van der Waals surface area contributed by atoms with Gasteiger partial charge in [-0.25, -0.2) is 0 Å². The van der Waals surface area contributed by atoms with Gasteiger partial charge in [-0.15, -0.1) is 0 Å². The normalized spacial score (nSPS) is 18.1. The van der Waals surface area contributed by atoms with Gasteiger partial charge in [0, 0.05) is 46.3 Å². The lowest BCUT2D eigenvalue weighted by molar-refractivity contribution is -0.105. The first kappa shape index (κ1) is 17.4. The number of ether oxygens (including phenoxy) is 1. The summed E-state index contributed by atoms with van der Waals surface area (Å²) in [6, 6.07) is 21.5. The third-order valence-electron chi connectivity index (χ3n) is 5.67. The number of aromatic hydroxyl groups is 1. The van der Waals surface area contributed by atoms with E-state index < -0.39 is 0 Å². The van der Waals surface area contributed by atoms with Crippen LogP contribution in [0, 0.1) is 0 Å². The summed E-state index contributed by atoms with van der Waals surface area (Å²) in [5.74, 6) is 1.07. The minimum Gasteiger partial charge on any atom is -0.508 e. The van der Waals surface area contributed by atoms with E-state index in [0.29, 0.717) is 18.8 Å². The zero-order valence-corrected chi connectivity index (χ0v) is 15.6. The van der Waals surface area contributed by atoms with Crippen LogP contribution >= 0.6 is 0 Å². The molecule has 0 radical (unpaired) electrons. The van der Waals surface area contributed by atoms with Gasteiger partial charge in [0.25, 0.3) is 0 Å². The van der Waals surface area contributed by atoms with Crippen LogP contribution in [0.25, 0.3) is 10.9 Å². The Labute approximate surface area is 168 Å². The second-order valence-corrected chi connectivity index (χ2v) is 7.29. The first-order valence-corrected chi connectivity index (χ1v) is 9.56. The molecule has 5 nitrogen and oxygen atoms in total. The highest BCUT2D eigenvalue weighted by Gasteiger charge is 2.34. The number of benzene rings is 3. The number of hydrogen-bond donors (Lipinski definition) is 3. The fourth-order valence-corrected chi connectivity index (χ4v) is 4.33. The first-order valence-electron chi connectivity index (χ1n) is 9.56. The van der Waals surface area contributed by atoms with Gasteiger partial charge in [-0.3, -0.25) is 4.79 Å². The number of rotatable bonds is 4. The molecule has 5 rings (SSSR count).